The highest BCUT2D eigenvalue weighted by atomic mass is 32.1. The van der Waals surface area contributed by atoms with Crippen LogP contribution < -0.4 is 0 Å². The number of thiophene rings is 1. The standard InChI is InChI=1S/C19H26OS/c1-14(8-7-9-15(2)12-13-20-6)10-11-19-16(3)17(4)21-18(19)5/h7-12H,13H2,1-6H3/b9-7+,11-10+,14-8+,15-12+. The molecule has 0 aliphatic rings. The molecular formula is C19H26OS. The van der Waals surface area contributed by atoms with Gasteiger partial charge in [0.1, 0.15) is 0 Å². The van der Waals surface area contributed by atoms with E-state index < -0.39 is 0 Å². The molecule has 1 aromatic heterocycles. The topological polar surface area (TPSA) is 9.23 Å². The maximum atomic E-state index is 5.02. The number of hydrogen-bond acceptors (Lipinski definition) is 2. The Bertz CT molecular complexity index is 583. The van der Waals surface area contributed by atoms with Crippen LogP contribution in [-0.2, 0) is 4.74 Å². The quantitative estimate of drug-likeness (QED) is 0.605. The van der Waals surface area contributed by atoms with E-state index in [0.29, 0.717) is 6.61 Å². The van der Waals surface area contributed by atoms with Crippen molar-refractivity contribution in [1.29, 1.82) is 0 Å². The van der Waals surface area contributed by atoms with Gasteiger partial charge in [0.25, 0.3) is 0 Å². The van der Waals surface area contributed by atoms with Crippen LogP contribution >= 0.6 is 11.3 Å². The highest BCUT2D eigenvalue weighted by molar-refractivity contribution is 7.12. The van der Waals surface area contributed by atoms with Crippen molar-refractivity contribution in [1.82, 2.24) is 0 Å². The molecule has 0 fully saturated rings. The SMILES string of the molecule is COC/C=C(C)/C=C/C=C(C)/C=C/c1c(C)sc(C)c1C. The summed E-state index contributed by atoms with van der Waals surface area (Å²) >= 11 is 1.87. The molecule has 0 bridgehead atoms. The molecule has 1 aromatic rings. The van der Waals surface area contributed by atoms with E-state index in [1.54, 1.807) is 7.11 Å². The van der Waals surface area contributed by atoms with E-state index in [1.165, 1.54) is 32.0 Å². The largest absolute Gasteiger partial charge is 0.381 e. The third kappa shape index (κ3) is 5.86. The first kappa shape index (κ1) is 17.7. The maximum Gasteiger partial charge on any atom is 0.0649 e. The number of allylic oxidation sites excluding steroid dienone is 6. The van der Waals surface area contributed by atoms with Gasteiger partial charge in [0, 0.05) is 16.9 Å². The van der Waals surface area contributed by atoms with Gasteiger partial charge in [-0.25, -0.2) is 0 Å². The summed E-state index contributed by atoms with van der Waals surface area (Å²) in [5.74, 6) is 0. The summed E-state index contributed by atoms with van der Waals surface area (Å²) in [5.41, 5.74) is 5.22. The lowest BCUT2D eigenvalue weighted by atomic mass is 10.1. The average Bonchev–Trinajstić information content (AvgIpc) is 2.68. The summed E-state index contributed by atoms with van der Waals surface area (Å²) in [4.78, 5) is 2.80. The first-order chi connectivity index (χ1) is 9.95. The Morgan fingerprint density at radius 3 is 2.33 bits per heavy atom. The van der Waals surface area contributed by atoms with Crippen LogP contribution in [0.3, 0.4) is 0 Å². The summed E-state index contributed by atoms with van der Waals surface area (Å²) in [6.07, 6.45) is 12.8. The predicted octanol–water partition coefficient (Wildman–Crippen LogP) is 5.78. The minimum Gasteiger partial charge on any atom is -0.381 e. The van der Waals surface area contributed by atoms with E-state index >= 15 is 0 Å². The second kappa shape index (κ2) is 8.81. The van der Waals surface area contributed by atoms with Gasteiger partial charge < -0.3 is 4.74 Å². The molecule has 114 valence electrons. The van der Waals surface area contributed by atoms with Gasteiger partial charge in [0.15, 0.2) is 0 Å². The molecule has 2 heteroatoms. The molecule has 0 N–H and O–H groups in total. The number of rotatable bonds is 6. The van der Waals surface area contributed by atoms with Crippen molar-refractivity contribution in [2.75, 3.05) is 13.7 Å². The van der Waals surface area contributed by atoms with Gasteiger partial charge in [-0.3, -0.25) is 0 Å². The van der Waals surface area contributed by atoms with Crippen LogP contribution in [-0.4, -0.2) is 13.7 Å². The van der Waals surface area contributed by atoms with Gasteiger partial charge in [-0.2, -0.15) is 0 Å². The molecule has 0 atom stereocenters. The van der Waals surface area contributed by atoms with Gasteiger partial charge in [0.2, 0.25) is 0 Å². The van der Waals surface area contributed by atoms with Crippen molar-refractivity contribution >= 4 is 17.4 Å². The molecule has 0 radical (unpaired) electrons. The molecule has 0 unspecified atom stereocenters. The summed E-state index contributed by atoms with van der Waals surface area (Å²) in [6.45, 7) is 11.4. The fraction of sp³-hybridized carbons (Fsp3) is 0.368. The fourth-order valence-corrected chi connectivity index (χ4v) is 3.02. The van der Waals surface area contributed by atoms with Crippen LogP contribution in [0.1, 0.15) is 34.7 Å². The maximum absolute atomic E-state index is 5.02. The van der Waals surface area contributed by atoms with Crippen LogP contribution in [0.2, 0.25) is 0 Å². The lowest BCUT2D eigenvalue weighted by Gasteiger charge is -1.96. The molecule has 21 heavy (non-hydrogen) atoms. The van der Waals surface area contributed by atoms with Crippen molar-refractivity contribution in [3.63, 3.8) is 0 Å². The van der Waals surface area contributed by atoms with Crippen molar-refractivity contribution in [3.8, 4) is 0 Å². The average molecular weight is 302 g/mol. The Hall–Kier alpha value is -1.38. The van der Waals surface area contributed by atoms with E-state index in [4.69, 9.17) is 4.74 Å². The molecular weight excluding hydrogens is 276 g/mol. The smallest absolute Gasteiger partial charge is 0.0649 e. The van der Waals surface area contributed by atoms with Crippen molar-refractivity contribution in [3.05, 3.63) is 62.4 Å². The Morgan fingerprint density at radius 2 is 1.76 bits per heavy atom. The first-order valence-corrected chi connectivity index (χ1v) is 8.02. The monoisotopic (exact) mass is 302 g/mol. The van der Waals surface area contributed by atoms with Gasteiger partial charge in [-0.1, -0.05) is 47.6 Å². The highest BCUT2D eigenvalue weighted by Crippen LogP contribution is 2.27. The van der Waals surface area contributed by atoms with Crippen LogP contribution in [0.25, 0.3) is 6.08 Å². The van der Waals surface area contributed by atoms with E-state index in [2.05, 4.69) is 71.1 Å². The van der Waals surface area contributed by atoms with Gasteiger partial charge in [-0.05, 0) is 45.7 Å². The fourth-order valence-electron chi connectivity index (χ4n) is 1.96. The zero-order valence-corrected chi connectivity index (χ0v) is 14.8. The second-order valence-electron chi connectivity index (χ2n) is 5.26. The molecule has 0 aromatic carbocycles. The van der Waals surface area contributed by atoms with Gasteiger partial charge in [0.05, 0.1) is 6.61 Å². The van der Waals surface area contributed by atoms with Crippen LogP contribution in [0.4, 0.5) is 0 Å². The van der Waals surface area contributed by atoms with E-state index in [0.717, 1.165) is 0 Å². The lowest BCUT2D eigenvalue weighted by Crippen LogP contribution is -1.82. The Kier molecular flexibility index (Phi) is 7.41. The minimum atomic E-state index is 0.662. The number of aryl methyl sites for hydroxylation is 2. The predicted molar refractivity (Wildman–Crippen MR) is 96.1 cm³/mol. The molecule has 0 saturated heterocycles. The second-order valence-corrected chi connectivity index (χ2v) is 6.69. The van der Waals surface area contributed by atoms with Crippen molar-refractivity contribution < 1.29 is 4.74 Å². The lowest BCUT2D eigenvalue weighted by molar-refractivity contribution is 0.233. The van der Waals surface area contributed by atoms with Crippen molar-refractivity contribution in [2.45, 2.75) is 34.6 Å². The summed E-state index contributed by atoms with van der Waals surface area (Å²) in [6, 6.07) is 0. The Balaban J connectivity index is 2.72. The van der Waals surface area contributed by atoms with Crippen LogP contribution in [0.5, 0.6) is 0 Å². The molecule has 0 spiro atoms. The van der Waals surface area contributed by atoms with E-state index in [9.17, 15) is 0 Å². The van der Waals surface area contributed by atoms with Crippen LogP contribution in [0.15, 0.2) is 41.5 Å². The minimum absolute atomic E-state index is 0.662. The van der Waals surface area contributed by atoms with Crippen LogP contribution in [0, 0.1) is 20.8 Å². The van der Waals surface area contributed by atoms with E-state index in [1.807, 2.05) is 11.3 Å². The highest BCUT2D eigenvalue weighted by Gasteiger charge is 2.05. The normalized spacial score (nSPS) is 13.8. The Labute approximate surface area is 133 Å². The molecule has 0 amide bonds. The molecule has 0 aliphatic carbocycles. The summed E-state index contributed by atoms with van der Waals surface area (Å²) < 4.78 is 5.02. The molecule has 0 aliphatic heterocycles. The van der Waals surface area contributed by atoms with Crippen molar-refractivity contribution in [2.24, 2.45) is 0 Å². The Morgan fingerprint density at radius 1 is 1.05 bits per heavy atom. The molecule has 1 heterocycles. The zero-order chi connectivity index (χ0) is 15.8. The summed E-state index contributed by atoms with van der Waals surface area (Å²) in [7, 11) is 1.71. The summed E-state index contributed by atoms with van der Waals surface area (Å²) in [5, 5.41) is 0. The van der Waals surface area contributed by atoms with Gasteiger partial charge in [-0.15, -0.1) is 11.3 Å². The third-order valence-corrected chi connectivity index (χ3v) is 4.56. The molecule has 0 saturated carbocycles. The third-order valence-electron chi connectivity index (χ3n) is 3.42. The number of hydrogen-bond donors (Lipinski definition) is 0. The van der Waals surface area contributed by atoms with Gasteiger partial charge >= 0.3 is 0 Å². The number of methoxy groups -OCH3 is 1. The first-order valence-electron chi connectivity index (χ1n) is 7.21. The molecule has 1 rings (SSSR count). The molecule has 1 nitrogen and oxygen atoms in total. The van der Waals surface area contributed by atoms with E-state index in [-0.39, 0.29) is 0 Å². The zero-order valence-electron chi connectivity index (χ0n) is 14.0. The number of ether oxygens (including phenoxy) is 1.